The number of hydrogen-bond donors (Lipinski definition) is 2. The molecule has 0 aliphatic rings. The van der Waals surface area contributed by atoms with E-state index in [0.29, 0.717) is 24.5 Å². The number of benzene rings is 1. The van der Waals surface area contributed by atoms with Crippen molar-refractivity contribution in [3.8, 4) is 6.07 Å². The number of carbonyl (C=O) groups is 1. The van der Waals surface area contributed by atoms with Crippen LogP contribution in [0.25, 0.3) is 0 Å². The monoisotopic (exact) mass is 281 g/mol. The fourth-order valence-electron chi connectivity index (χ4n) is 1.65. The molecule has 2 N–H and O–H groups in total. The van der Waals surface area contributed by atoms with Gasteiger partial charge in [0.15, 0.2) is 5.69 Å². The Balaban J connectivity index is 1.75. The third-order valence-corrected chi connectivity index (χ3v) is 2.80. The molecule has 0 unspecified atom stereocenters. The minimum atomic E-state index is -0.109. The lowest BCUT2D eigenvalue weighted by Gasteiger charge is -2.07. The fourth-order valence-corrected chi connectivity index (χ4v) is 1.65. The van der Waals surface area contributed by atoms with Gasteiger partial charge in [-0.05, 0) is 19.1 Å². The fraction of sp³-hybridized carbons (Fsp3) is 0.200. The summed E-state index contributed by atoms with van der Waals surface area (Å²) in [5.74, 6) is 0.460. The molecule has 0 aliphatic carbocycles. The number of nitriles is 1. The van der Waals surface area contributed by atoms with Crippen LogP contribution in [-0.4, -0.2) is 29.0 Å². The molecule has 6 nitrogen and oxygen atoms in total. The Kier molecular flexibility index (Phi) is 4.83. The van der Waals surface area contributed by atoms with Crippen LogP contribution in [0.3, 0.4) is 0 Å². The second-order valence-corrected chi connectivity index (χ2v) is 4.45. The first-order valence-electron chi connectivity index (χ1n) is 6.50. The lowest BCUT2D eigenvalue weighted by atomic mass is 10.1. The Labute approximate surface area is 122 Å². The number of aromatic nitrogens is 2. The summed E-state index contributed by atoms with van der Waals surface area (Å²) >= 11 is 0. The second kappa shape index (κ2) is 7.01. The maximum absolute atomic E-state index is 11.8. The third-order valence-electron chi connectivity index (χ3n) is 2.80. The molecule has 1 amide bonds. The van der Waals surface area contributed by atoms with E-state index in [1.807, 2.05) is 25.1 Å². The highest BCUT2D eigenvalue weighted by molar-refractivity contribution is 5.94. The molecule has 0 aliphatic heterocycles. The van der Waals surface area contributed by atoms with Crippen LogP contribution in [0.1, 0.15) is 21.6 Å². The second-order valence-electron chi connectivity index (χ2n) is 4.45. The molecule has 1 aromatic heterocycles. The molecule has 0 spiro atoms. The van der Waals surface area contributed by atoms with Gasteiger partial charge in [0.2, 0.25) is 0 Å². The highest BCUT2D eigenvalue weighted by Gasteiger charge is 2.03. The van der Waals surface area contributed by atoms with Crippen molar-refractivity contribution < 1.29 is 4.79 Å². The van der Waals surface area contributed by atoms with Gasteiger partial charge in [-0.3, -0.25) is 4.79 Å². The number of anilines is 1. The van der Waals surface area contributed by atoms with Crippen molar-refractivity contribution in [1.82, 2.24) is 15.3 Å². The molecule has 0 radical (unpaired) electrons. The van der Waals surface area contributed by atoms with Gasteiger partial charge >= 0.3 is 0 Å². The molecule has 21 heavy (non-hydrogen) atoms. The molecule has 2 rings (SSSR count). The van der Waals surface area contributed by atoms with Crippen molar-refractivity contribution in [1.29, 1.82) is 5.26 Å². The quantitative estimate of drug-likeness (QED) is 0.810. The molecule has 1 aromatic carbocycles. The predicted octanol–water partition coefficient (Wildman–Crippen LogP) is 1.50. The third kappa shape index (κ3) is 4.28. The molecular formula is C15H15N5O. The topological polar surface area (TPSA) is 90.7 Å². The Bertz CT molecular complexity index is 643. The van der Waals surface area contributed by atoms with Crippen molar-refractivity contribution >= 4 is 11.7 Å². The maximum Gasteiger partial charge on any atom is 0.251 e. The average Bonchev–Trinajstić information content (AvgIpc) is 2.52. The van der Waals surface area contributed by atoms with Crippen LogP contribution in [0.2, 0.25) is 0 Å². The summed E-state index contributed by atoms with van der Waals surface area (Å²) in [4.78, 5) is 19.8. The molecular weight excluding hydrogens is 266 g/mol. The van der Waals surface area contributed by atoms with E-state index in [9.17, 15) is 4.79 Å². The van der Waals surface area contributed by atoms with Crippen molar-refractivity contribution in [2.45, 2.75) is 6.92 Å². The smallest absolute Gasteiger partial charge is 0.251 e. The van der Waals surface area contributed by atoms with Gasteiger partial charge in [0.25, 0.3) is 5.91 Å². The summed E-state index contributed by atoms with van der Waals surface area (Å²) in [5.41, 5.74) is 2.03. The molecule has 0 saturated carbocycles. The average molecular weight is 281 g/mol. The van der Waals surface area contributed by atoms with Gasteiger partial charge in [-0.15, -0.1) is 0 Å². The maximum atomic E-state index is 11.8. The number of carbonyl (C=O) groups excluding carboxylic acids is 1. The van der Waals surface area contributed by atoms with Gasteiger partial charge in [0, 0.05) is 18.7 Å². The van der Waals surface area contributed by atoms with Crippen LogP contribution in [-0.2, 0) is 0 Å². The van der Waals surface area contributed by atoms with E-state index >= 15 is 0 Å². The zero-order chi connectivity index (χ0) is 15.1. The molecule has 0 bridgehead atoms. The van der Waals surface area contributed by atoms with E-state index in [0.717, 1.165) is 5.56 Å². The Morgan fingerprint density at radius 1 is 1.19 bits per heavy atom. The van der Waals surface area contributed by atoms with Gasteiger partial charge in [0.1, 0.15) is 11.9 Å². The normalized spacial score (nSPS) is 9.71. The minimum Gasteiger partial charge on any atom is -0.367 e. The summed E-state index contributed by atoms with van der Waals surface area (Å²) < 4.78 is 0. The Hall–Kier alpha value is -2.94. The number of nitrogens with one attached hydrogen (secondary N) is 2. The van der Waals surface area contributed by atoms with E-state index in [4.69, 9.17) is 5.26 Å². The number of nitrogens with zero attached hydrogens (tertiary/aromatic N) is 3. The summed E-state index contributed by atoms with van der Waals surface area (Å²) in [7, 11) is 0. The van der Waals surface area contributed by atoms with E-state index in [-0.39, 0.29) is 11.6 Å². The zero-order valence-electron chi connectivity index (χ0n) is 11.6. The largest absolute Gasteiger partial charge is 0.367 e. The van der Waals surface area contributed by atoms with Crippen molar-refractivity contribution in [3.05, 3.63) is 53.5 Å². The zero-order valence-corrected chi connectivity index (χ0v) is 11.6. The number of amides is 1. The van der Waals surface area contributed by atoms with Gasteiger partial charge < -0.3 is 10.6 Å². The SMILES string of the molecule is Cc1ccc(C(=O)NCCNc2cnc(C#N)cn2)cc1. The molecule has 0 atom stereocenters. The van der Waals surface area contributed by atoms with Crippen LogP contribution in [0, 0.1) is 18.3 Å². The molecule has 0 fully saturated rings. The van der Waals surface area contributed by atoms with E-state index in [1.165, 1.54) is 12.4 Å². The first kappa shape index (κ1) is 14.5. The van der Waals surface area contributed by atoms with Crippen LogP contribution in [0.4, 0.5) is 5.82 Å². The van der Waals surface area contributed by atoms with Crippen molar-refractivity contribution in [2.24, 2.45) is 0 Å². The number of rotatable bonds is 5. The summed E-state index contributed by atoms with van der Waals surface area (Å²) in [5, 5.41) is 14.4. The van der Waals surface area contributed by atoms with Crippen LogP contribution in [0.15, 0.2) is 36.7 Å². The lowest BCUT2D eigenvalue weighted by molar-refractivity contribution is 0.0955. The van der Waals surface area contributed by atoms with E-state index in [1.54, 1.807) is 12.1 Å². The molecule has 2 aromatic rings. The first-order chi connectivity index (χ1) is 10.2. The van der Waals surface area contributed by atoms with Gasteiger partial charge in [-0.25, -0.2) is 9.97 Å². The minimum absolute atomic E-state index is 0.109. The first-order valence-corrected chi connectivity index (χ1v) is 6.50. The standard InChI is InChI=1S/C15H15N5O/c1-11-2-4-12(5-3-11)15(21)18-7-6-17-14-10-19-13(8-16)9-20-14/h2-5,9-10H,6-7H2,1H3,(H,17,20)(H,18,21). The lowest BCUT2D eigenvalue weighted by Crippen LogP contribution is -2.28. The number of hydrogen-bond acceptors (Lipinski definition) is 5. The summed E-state index contributed by atoms with van der Waals surface area (Å²) in [6.45, 7) is 2.97. The van der Waals surface area contributed by atoms with Gasteiger partial charge in [0.05, 0.1) is 12.4 Å². The molecule has 1 heterocycles. The molecule has 0 saturated heterocycles. The Morgan fingerprint density at radius 3 is 2.57 bits per heavy atom. The Morgan fingerprint density at radius 2 is 1.95 bits per heavy atom. The highest BCUT2D eigenvalue weighted by atomic mass is 16.1. The predicted molar refractivity (Wildman–Crippen MR) is 78.7 cm³/mol. The van der Waals surface area contributed by atoms with E-state index < -0.39 is 0 Å². The van der Waals surface area contributed by atoms with Gasteiger partial charge in [-0.2, -0.15) is 5.26 Å². The van der Waals surface area contributed by atoms with Crippen molar-refractivity contribution in [3.63, 3.8) is 0 Å². The van der Waals surface area contributed by atoms with Crippen LogP contribution >= 0.6 is 0 Å². The molecule has 106 valence electrons. The molecule has 6 heteroatoms. The van der Waals surface area contributed by atoms with Crippen LogP contribution < -0.4 is 10.6 Å². The van der Waals surface area contributed by atoms with Gasteiger partial charge in [-0.1, -0.05) is 17.7 Å². The summed E-state index contributed by atoms with van der Waals surface area (Å²) in [6, 6.07) is 9.30. The highest BCUT2D eigenvalue weighted by Crippen LogP contribution is 2.02. The number of aryl methyl sites for hydroxylation is 1. The van der Waals surface area contributed by atoms with Crippen LogP contribution in [0.5, 0.6) is 0 Å². The van der Waals surface area contributed by atoms with E-state index in [2.05, 4.69) is 20.6 Å². The summed E-state index contributed by atoms with van der Waals surface area (Å²) in [6.07, 6.45) is 2.88. The van der Waals surface area contributed by atoms with Crippen molar-refractivity contribution in [2.75, 3.05) is 18.4 Å².